The lowest BCUT2D eigenvalue weighted by Gasteiger charge is -2.35. The molecule has 0 atom stereocenters. The number of benzene rings is 1. The summed E-state index contributed by atoms with van der Waals surface area (Å²) in [6.07, 6.45) is 7.94. The maximum atomic E-state index is 9.77. The maximum absolute atomic E-state index is 9.77. The molecule has 2 N–H and O–H groups in total. The second-order valence-electron chi connectivity index (χ2n) is 6.72. The third kappa shape index (κ3) is 4.36. The number of aromatic nitrogens is 1. The first-order valence-corrected chi connectivity index (χ1v) is 8.41. The lowest BCUT2D eigenvalue weighted by Crippen LogP contribution is -2.38. The third-order valence-corrected chi connectivity index (χ3v) is 4.76. The quantitative estimate of drug-likeness (QED) is 0.892. The number of aromatic hydroxyl groups is 1. The molecule has 1 aromatic carbocycles. The highest BCUT2D eigenvalue weighted by molar-refractivity contribution is 5.27. The normalized spacial score (nSPS) is 21.7. The Morgan fingerprint density at radius 2 is 1.83 bits per heavy atom. The van der Waals surface area contributed by atoms with Crippen molar-refractivity contribution >= 4 is 0 Å². The molecule has 1 heterocycles. The number of rotatable bonds is 5. The Hall–Kier alpha value is -1.78. The fourth-order valence-corrected chi connectivity index (χ4v) is 3.52. The van der Waals surface area contributed by atoms with Gasteiger partial charge in [-0.1, -0.05) is 12.1 Å². The van der Waals surface area contributed by atoms with E-state index in [-0.39, 0.29) is 6.10 Å². The molecule has 1 fully saturated rings. The van der Waals surface area contributed by atoms with Gasteiger partial charge in [0.15, 0.2) is 0 Å². The van der Waals surface area contributed by atoms with E-state index in [0.717, 1.165) is 44.3 Å². The molecule has 0 unspecified atom stereocenters. The number of aliphatic hydroxyl groups is 1. The SMILES string of the molecule is Cn1ccc(CN(Cc2cccc(O)c2)C2CCC(O)CC2)c1. The summed E-state index contributed by atoms with van der Waals surface area (Å²) in [4.78, 5) is 2.48. The predicted molar refractivity (Wildman–Crippen MR) is 91.0 cm³/mol. The van der Waals surface area contributed by atoms with Gasteiger partial charge in [0.1, 0.15) is 5.75 Å². The molecule has 1 aliphatic rings. The number of aliphatic hydroxyl groups excluding tert-OH is 1. The van der Waals surface area contributed by atoms with E-state index in [9.17, 15) is 10.2 Å². The summed E-state index contributed by atoms with van der Waals surface area (Å²) in [5.41, 5.74) is 2.44. The van der Waals surface area contributed by atoms with Gasteiger partial charge in [0.05, 0.1) is 6.10 Å². The Labute approximate surface area is 138 Å². The Kier molecular flexibility index (Phi) is 5.03. The van der Waals surface area contributed by atoms with Crippen LogP contribution >= 0.6 is 0 Å². The number of phenols is 1. The summed E-state index contributed by atoms with van der Waals surface area (Å²) in [6, 6.07) is 10.2. The molecule has 23 heavy (non-hydrogen) atoms. The van der Waals surface area contributed by atoms with Crippen molar-refractivity contribution in [3.05, 3.63) is 53.9 Å². The van der Waals surface area contributed by atoms with Gasteiger partial charge < -0.3 is 14.8 Å². The summed E-state index contributed by atoms with van der Waals surface area (Å²) >= 11 is 0. The largest absolute Gasteiger partial charge is 0.508 e. The van der Waals surface area contributed by atoms with Crippen molar-refractivity contribution in [2.45, 2.75) is 50.9 Å². The summed E-state index contributed by atoms with van der Waals surface area (Å²) < 4.78 is 2.08. The van der Waals surface area contributed by atoms with Crippen molar-refractivity contribution in [2.24, 2.45) is 7.05 Å². The van der Waals surface area contributed by atoms with E-state index in [1.165, 1.54) is 5.56 Å². The monoisotopic (exact) mass is 314 g/mol. The standard InChI is InChI=1S/C19H26N2O2/c1-20-10-9-16(12-20)14-21(17-5-7-18(22)8-6-17)13-15-3-2-4-19(23)11-15/h2-4,9-12,17-18,22-23H,5-8,13-14H2,1H3. The smallest absolute Gasteiger partial charge is 0.115 e. The van der Waals surface area contributed by atoms with Crippen LogP contribution in [0, 0.1) is 0 Å². The van der Waals surface area contributed by atoms with Crippen LogP contribution < -0.4 is 0 Å². The van der Waals surface area contributed by atoms with Gasteiger partial charge in [-0.05, 0) is 55.0 Å². The van der Waals surface area contributed by atoms with Crippen LogP contribution in [0.15, 0.2) is 42.7 Å². The molecule has 1 saturated carbocycles. The fourth-order valence-electron chi connectivity index (χ4n) is 3.52. The van der Waals surface area contributed by atoms with Crippen LogP contribution in [0.4, 0.5) is 0 Å². The number of hydrogen-bond donors (Lipinski definition) is 2. The minimum absolute atomic E-state index is 0.134. The number of aryl methyl sites for hydroxylation is 1. The van der Waals surface area contributed by atoms with E-state index < -0.39 is 0 Å². The Bertz CT molecular complexity index is 630. The summed E-state index contributed by atoms with van der Waals surface area (Å²) in [7, 11) is 2.04. The van der Waals surface area contributed by atoms with E-state index in [1.54, 1.807) is 6.07 Å². The second-order valence-corrected chi connectivity index (χ2v) is 6.72. The lowest BCUT2D eigenvalue weighted by atomic mass is 9.91. The Morgan fingerprint density at radius 1 is 1.09 bits per heavy atom. The molecule has 3 rings (SSSR count). The van der Waals surface area contributed by atoms with Gasteiger partial charge in [0.25, 0.3) is 0 Å². The predicted octanol–water partition coefficient (Wildman–Crippen LogP) is 3.04. The first-order valence-electron chi connectivity index (χ1n) is 8.41. The maximum Gasteiger partial charge on any atom is 0.115 e. The van der Waals surface area contributed by atoms with Gasteiger partial charge in [-0.2, -0.15) is 0 Å². The van der Waals surface area contributed by atoms with Crippen LogP contribution in [0.2, 0.25) is 0 Å². The highest BCUT2D eigenvalue weighted by atomic mass is 16.3. The van der Waals surface area contributed by atoms with Gasteiger partial charge >= 0.3 is 0 Å². The fraction of sp³-hybridized carbons (Fsp3) is 0.474. The summed E-state index contributed by atoms with van der Waals surface area (Å²) in [5, 5.41) is 19.5. The number of phenolic OH excluding ortho intramolecular Hbond substituents is 1. The van der Waals surface area contributed by atoms with E-state index >= 15 is 0 Å². The van der Waals surface area contributed by atoms with Crippen molar-refractivity contribution in [1.29, 1.82) is 0 Å². The second kappa shape index (κ2) is 7.20. The molecule has 0 radical (unpaired) electrons. The molecule has 0 saturated heterocycles. The van der Waals surface area contributed by atoms with Crippen molar-refractivity contribution in [1.82, 2.24) is 9.47 Å². The van der Waals surface area contributed by atoms with Gasteiger partial charge in [-0.15, -0.1) is 0 Å². The van der Waals surface area contributed by atoms with Crippen LogP contribution in [0.5, 0.6) is 5.75 Å². The van der Waals surface area contributed by atoms with Crippen LogP contribution in [-0.2, 0) is 20.1 Å². The van der Waals surface area contributed by atoms with Crippen molar-refractivity contribution in [2.75, 3.05) is 0 Å². The molecule has 124 valence electrons. The number of nitrogens with zero attached hydrogens (tertiary/aromatic N) is 2. The molecule has 2 aromatic rings. The van der Waals surface area contributed by atoms with E-state index in [1.807, 2.05) is 19.2 Å². The van der Waals surface area contributed by atoms with Gasteiger partial charge in [-0.3, -0.25) is 4.90 Å². The van der Waals surface area contributed by atoms with Crippen LogP contribution in [0.3, 0.4) is 0 Å². The molecule has 0 amide bonds. The molecule has 4 heteroatoms. The first-order chi connectivity index (χ1) is 11.1. The van der Waals surface area contributed by atoms with Crippen LogP contribution in [0.25, 0.3) is 0 Å². The molecular formula is C19H26N2O2. The minimum atomic E-state index is -0.134. The lowest BCUT2D eigenvalue weighted by molar-refractivity contribution is 0.0665. The topological polar surface area (TPSA) is 48.6 Å². The molecule has 1 aromatic heterocycles. The molecule has 0 spiro atoms. The Morgan fingerprint density at radius 3 is 2.48 bits per heavy atom. The van der Waals surface area contributed by atoms with E-state index in [2.05, 4.69) is 34.0 Å². The van der Waals surface area contributed by atoms with Crippen molar-refractivity contribution < 1.29 is 10.2 Å². The van der Waals surface area contributed by atoms with Crippen LogP contribution in [-0.4, -0.2) is 31.8 Å². The van der Waals surface area contributed by atoms with Gasteiger partial charge in [0.2, 0.25) is 0 Å². The molecule has 0 bridgehead atoms. The van der Waals surface area contributed by atoms with Gasteiger partial charge in [0, 0.05) is 38.6 Å². The molecule has 1 aliphatic carbocycles. The Balaban J connectivity index is 1.74. The zero-order chi connectivity index (χ0) is 16.2. The minimum Gasteiger partial charge on any atom is -0.508 e. The van der Waals surface area contributed by atoms with Crippen LogP contribution in [0.1, 0.15) is 36.8 Å². The third-order valence-electron chi connectivity index (χ3n) is 4.76. The zero-order valence-electron chi connectivity index (χ0n) is 13.7. The molecular weight excluding hydrogens is 288 g/mol. The summed E-state index contributed by atoms with van der Waals surface area (Å²) in [5.74, 6) is 0.321. The molecule has 0 aliphatic heterocycles. The highest BCUT2D eigenvalue weighted by Gasteiger charge is 2.25. The average molecular weight is 314 g/mol. The summed E-state index contributed by atoms with van der Waals surface area (Å²) in [6.45, 7) is 1.72. The molecule has 4 nitrogen and oxygen atoms in total. The van der Waals surface area contributed by atoms with Gasteiger partial charge in [-0.25, -0.2) is 0 Å². The first kappa shape index (κ1) is 16.1. The number of hydrogen-bond acceptors (Lipinski definition) is 3. The highest BCUT2D eigenvalue weighted by Crippen LogP contribution is 2.26. The average Bonchev–Trinajstić information content (AvgIpc) is 2.93. The van der Waals surface area contributed by atoms with E-state index in [4.69, 9.17) is 0 Å². The van der Waals surface area contributed by atoms with E-state index in [0.29, 0.717) is 11.8 Å². The zero-order valence-corrected chi connectivity index (χ0v) is 13.7. The van der Waals surface area contributed by atoms with Crippen molar-refractivity contribution in [3.63, 3.8) is 0 Å². The van der Waals surface area contributed by atoms with Crippen molar-refractivity contribution in [3.8, 4) is 5.75 Å².